The minimum Gasteiger partial charge on any atom is -0.508 e. The molecule has 0 atom stereocenters. The fourth-order valence-electron chi connectivity index (χ4n) is 4.99. The van der Waals surface area contributed by atoms with Crippen LogP contribution in [0.15, 0.2) is 29.3 Å². The highest BCUT2D eigenvalue weighted by Crippen LogP contribution is 2.36. The second-order valence-corrected chi connectivity index (χ2v) is 13.2. The average molecular weight is 528 g/mol. The summed E-state index contributed by atoms with van der Waals surface area (Å²) in [5, 5.41) is 13.7. The van der Waals surface area contributed by atoms with Gasteiger partial charge in [0.25, 0.3) is 11.8 Å². The standard InChI is InChI=1S/C28H38N4O4S/c1-18(2)37-27-20(16-28(3,4)5)19-6-7-22(33)21(26(19)29-27)17-30-12-14-31(15-13-30)23(34)10-11-32-24(35)8-9-25(32)36/h6-9,18,29,33H,10-17H2,1-5H3/p+1. The Labute approximate surface area is 223 Å². The molecule has 4 rings (SSSR count). The number of piperazine rings is 1. The Morgan fingerprint density at radius 1 is 1.05 bits per heavy atom. The number of aromatic amines is 1. The van der Waals surface area contributed by atoms with Crippen LogP contribution < -0.4 is 0 Å². The van der Waals surface area contributed by atoms with Crippen LogP contribution in [0.5, 0.6) is 5.75 Å². The van der Waals surface area contributed by atoms with E-state index in [4.69, 9.17) is 0 Å². The molecule has 8 nitrogen and oxygen atoms in total. The van der Waals surface area contributed by atoms with E-state index in [1.54, 1.807) is 4.90 Å². The maximum Gasteiger partial charge on any atom is 0.253 e. The second kappa shape index (κ2) is 10.9. The number of carbonyl (C=O) groups is 3. The normalized spacial score (nSPS) is 17.1. The number of phenols is 1. The molecule has 3 heterocycles. The number of carbonyl (C=O) groups excluding carboxylic acids is 3. The number of thiol groups is 1. The van der Waals surface area contributed by atoms with Crippen LogP contribution in [0.25, 0.3) is 10.9 Å². The van der Waals surface area contributed by atoms with Crippen molar-refractivity contribution in [1.82, 2.24) is 19.7 Å². The molecule has 9 heteroatoms. The fourth-order valence-corrected chi connectivity index (χ4v) is 6.03. The fraction of sp³-hybridized carbons (Fsp3) is 0.536. The van der Waals surface area contributed by atoms with Crippen LogP contribution >= 0.6 is 0 Å². The Morgan fingerprint density at radius 3 is 2.30 bits per heavy atom. The first-order valence-electron chi connectivity index (χ1n) is 13.0. The molecule has 0 saturated carbocycles. The van der Waals surface area contributed by atoms with Gasteiger partial charge in [0.15, 0.2) is 0 Å². The maximum absolute atomic E-state index is 12.7. The summed E-state index contributed by atoms with van der Waals surface area (Å²) >= 11 is 1.25. The number of phenolic OH excluding ortho intramolecular Hbond substituents is 1. The van der Waals surface area contributed by atoms with Crippen molar-refractivity contribution in [3.8, 4) is 5.75 Å². The molecule has 1 aromatic carbocycles. The molecule has 37 heavy (non-hydrogen) atoms. The van der Waals surface area contributed by atoms with Gasteiger partial charge in [-0.25, -0.2) is 0 Å². The predicted molar refractivity (Wildman–Crippen MR) is 148 cm³/mol. The van der Waals surface area contributed by atoms with Crippen LogP contribution in [-0.4, -0.2) is 80.5 Å². The van der Waals surface area contributed by atoms with Gasteiger partial charge in [0, 0.05) is 86.1 Å². The van der Waals surface area contributed by atoms with E-state index < -0.39 is 0 Å². The number of aromatic hydroxyl groups is 1. The molecule has 2 N–H and O–H groups in total. The summed E-state index contributed by atoms with van der Waals surface area (Å²) in [5.74, 6) is -0.480. The monoisotopic (exact) mass is 527 g/mol. The minimum atomic E-state index is -0.359. The summed E-state index contributed by atoms with van der Waals surface area (Å²) in [4.78, 5) is 45.0. The summed E-state index contributed by atoms with van der Waals surface area (Å²) in [7, 11) is 0. The summed E-state index contributed by atoms with van der Waals surface area (Å²) in [6.07, 6.45) is 3.57. The molecule has 2 aliphatic rings. The van der Waals surface area contributed by atoms with Gasteiger partial charge in [-0.2, -0.15) is 0 Å². The average Bonchev–Trinajstić information content (AvgIpc) is 3.31. The van der Waals surface area contributed by atoms with Crippen LogP contribution in [0.1, 0.15) is 52.2 Å². The number of hydrogen-bond acceptors (Lipinski definition) is 5. The van der Waals surface area contributed by atoms with Crippen molar-refractivity contribution in [3.63, 3.8) is 0 Å². The zero-order valence-corrected chi connectivity index (χ0v) is 23.4. The van der Waals surface area contributed by atoms with Gasteiger partial charge in [-0.05, 0) is 37.8 Å². The van der Waals surface area contributed by atoms with Gasteiger partial charge in [-0.1, -0.05) is 20.8 Å². The highest BCUT2D eigenvalue weighted by atomic mass is 32.2. The Kier molecular flexibility index (Phi) is 8.04. The molecule has 0 bridgehead atoms. The summed E-state index contributed by atoms with van der Waals surface area (Å²) in [6.45, 7) is 14.4. The number of aromatic nitrogens is 1. The number of benzene rings is 1. The van der Waals surface area contributed by atoms with E-state index in [0.717, 1.165) is 22.4 Å². The van der Waals surface area contributed by atoms with Gasteiger partial charge in [0.05, 0.1) is 5.52 Å². The maximum atomic E-state index is 12.7. The van der Waals surface area contributed by atoms with Crippen molar-refractivity contribution in [2.75, 3.05) is 32.7 Å². The molecule has 0 aliphatic carbocycles. The highest BCUT2D eigenvalue weighted by molar-refractivity contribution is 7.79. The minimum absolute atomic E-state index is 0.0503. The van der Waals surface area contributed by atoms with Crippen LogP contribution in [0.2, 0.25) is 0 Å². The van der Waals surface area contributed by atoms with Crippen LogP contribution in [0.3, 0.4) is 0 Å². The van der Waals surface area contributed by atoms with Gasteiger partial charge in [0.1, 0.15) is 11.0 Å². The van der Waals surface area contributed by atoms with Gasteiger partial charge in [-0.3, -0.25) is 24.2 Å². The Hall–Kier alpha value is -2.78. The van der Waals surface area contributed by atoms with E-state index in [1.165, 1.54) is 39.9 Å². The third-order valence-corrected chi connectivity index (χ3v) is 7.95. The van der Waals surface area contributed by atoms with E-state index in [0.29, 0.717) is 38.0 Å². The molecule has 200 valence electrons. The van der Waals surface area contributed by atoms with Gasteiger partial charge in [-0.15, -0.1) is 0 Å². The number of imide groups is 1. The summed E-state index contributed by atoms with van der Waals surface area (Å²) in [5.41, 5.74) is 3.38. The first-order chi connectivity index (χ1) is 17.4. The number of hydrogen-bond donors (Lipinski definition) is 2. The second-order valence-electron chi connectivity index (χ2n) is 11.5. The van der Waals surface area contributed by atoms with E-state index in [2.05, 4.69) is 44.5 Å². The van der Waals surface area contributed by atoms with Gasteiger partial charge in [0.2, 0.25) is 10.9 Å². The number of nitrogens with zero attached hydrogens (tertiary/aromatic N) is 3. The number of amides is 3. The van der Waals surface area contributed by atoms with Crippen molar-refractivity contribution in [3.05, 3.63) is 35.4 Å². The molecule has 0 radical (unpaired) electrons. The first-order valence-corrected chi connectivity index (χ1v) is 14.0. The zero-order chi connectivity index (χ0) is 26.9. The molecule has 0 unspecified atom stereocenters. The van der Waals surface area contributed by atoms with E-state index >= 15 is 0 Å². The zero-order valence-electron chi connectivity index (χ0n) is 22.5. The number of nitrogens with one attached hydrogen (secondary N) is 1. The third kappa shape index (κ3) is 6.38. The smallest absolute Gasteiger partial charge is 0.253 e. The van der Waals surface area contributed by atoms with Crippen LogP contribution in [-0.2, 0) is 39.1 Å². The first kappa shape index (κ1) is 27.3. The molecule has 1 aromatic heterocycles. The molecule has 3 amide bonds. The lowest BCUT2D eigenvalue weighted by Gasteiger charge is -2.35. The molecule has 2 aromatic rings. The van der Waals surface area contributed by atoms with Crippen LogP contribution in [0.4, 0.5) is 0 Å². The molecular weight excluding hydrogens is 488 g/mol. The molecule has 1 saturated heterocycles. The summed E-state index contributed by atoms with van der Waals surface area (Å²) < 4.78 is 0. The summed E-state index contributed by atoms with van der Waals surface area (Å²) in [6, 6.07) is 3.84. The lowest BCUT2D eigenvalue weighted by atomic mass is 9.88. The largest absolute Gasteiger partial charge is 0.508 e. The molecule has 2 aliphatic heterocycles. The van der Waals surface area contributed by atoms with Crippen molar-refractivity contribution in [2.45, 2.75) is 64.3 Å². The van der Waals surface area contributed by atoms with Crippen molar-refractivity contribution in [1.29, 1.82) is 0 Å². The quantitative estimate of drug-likeness (QED) is 0.313. The SMILES string of the molecule is CC(C)[SH+]c1[nH]c2c(CN3CCN(C(=O)CCN4C(=O)C=CC4=O)CC3)c(O)ccc2c1CC(C)(C)C. The third-order valence-electron chi connectivity index (χ3n) is 6.79. The Balaban J connectivity index is 1.44. The predicted octanol–water partition coefficient (Wildman–Crippen LogP) is 3.00. The van der Waals surface area contributed by atoms with E-state index in [1.807, 2.05) is 12.1 Å². The molecule has 1 fully saturated rings. The van der Waals surface area contributed by atoms with Crippen molar-refractivity contribution in [2.24, 2.45) is 5.41 Å². The number of fused-ring (bicyclic) bond motifs is 1. The van der Waals surface area contributed by atoms with Crippen LogP contribution in [0, 0.1) is 5.41 Å². The van der Waals surface area contributed by atoms with E-state index in [9.17, 15) is 19.5 Å². The Bertz CT molecular complexity index is 1200. The highest BCUT2D eigenvalue weighted by Gasteiger charge is 2.29. The van der Waals surface area contributed by atoms with E-state index in [-0.39, 0.29) is 41.9 Å². The van der Waals surface area contributed by atoms with Crippen molar-refractivity contribution >= 4 is 40.4 Å². The number of H-pyrrole nitrogens is 1. The lowest BCUT2D eigenvalue weighted by Crippen LogP contribution is -2.49. The number of rotatable bonds is 8. The molecular formula is C28H39N4O4S+. The van der Waals surface area contributed by atoms with Crippen molar-refractivity contribution < 1.29 is 19.5 Å². The van der Waals surface area contributed by atoms with Gasteiger partial charge >= 0.3 is 0 Å². The lowest BCUT2D eigenvalue weighted by molar-refractivity contribution is -0.138. The Morgan fingerprint density at radius 2 is 1.70 bits per heavy atom. The van der Waals surface area contributed by atoms with Gasteiger partial charge < -0.3 is 15.0 Å². The topological polar surface area (TPSA) is 97.0 Å². The molecule has 0 spiro atoms.